The number of carboxylic acids is 1. The van der Waals surface area contributed by atoms with Crippen LogP contribution in [0.5, 0.6) is 5.75 Å². The van der Waals surface area contributed by atoms with Crippen molar-refractivity contribution in [3.05, 3.63) is 95.4 Å². The van der Waals surface area contributed by atoms with Gasteiger partial charge < -0.3 is 19.7 Å². The van der Waals surface area contributed by atoms with Crippen LogP contribution in [0.1, 0.15) is 53.6 Å². The quantitative estimate of drug-likeness (QED) is 0.170. The fourth-order valence-corrected chi connectivity index (χ4v) is 6.30. The maximum absolute atomic E-state index is 13.2. The molecule has 4 aromatic rings. The molecule has 10 nitrogen and oxygen atoms in total. The molecule has 1 heterocycles. The van der Waals surface area contributed by atoms with Gasteiger partial charge >= 0.3 is 12.0 Å². The van der Waals surface area contributed by atoms with E-state index in [-0.39, 0.29) is 23.1 Å². The number of methoxy groups -OCH3 is 1. The Balaban J connectivity index is 1.54. The van der Waals surface area contributed by atoms with E-state index in [1.54, 1.807) is 72.5 Å². The summed E-state index contributed by atoms with van der Waals surface area (Å²) in [5.41, 5.74) is 2.81. The van der Waals surface area contributed by atoms with Gasteiger partial charge in [-0.3, -0.25) is 0 Å². The van der Waals surface area contributed by atoms with Crippen molar-refractivity contribution in [1.29, 1.82) is 0 Å². The normalized spacial score (nSPS) is 12.0. The average Bonchev–Trinajstić information content (AvgIpc) is 3.38. The van der Waals surface area contributed by atoms with Gasteiger partial charge in [0.15, 0.2) is 5.69 Å². The van der Waals surface area contributed by atoms with Crippen LogP contribution in [-0.2, 0) is 23.1 Å². The summed E-state index contributed by atoms with van der Waals surface area (Å²) in [5, 5.41) is 13.0. The van der Waals surface area contributed by atoms with Gasteiger partial charge in [-0.25, -0.2) is 27.7 Å². The van der Waals surface area contributed by atoms with E-state index in [0.717, 1.165) is 17.5 Å². The van der Waals surface area contributed by atoms with Crippen molar-refractivity contribution in [2.24, 2.45) is 0 Å². The van der Waals surface area contributed by atoms with Crippen LogP contribution < -0.4 is 14.8 Å². The number of hydrogen-bond donors (Lipinski definition) is 3. The van der Waals surface area contributed by atoms with Crippen LogP contribution in [0.3, 0.4) is 0 Å². The number of amides is 2. The fourth-order valence-electron chi connectivity index (χ4n) is 4.57. The Labute approximate surface area is 255 Å². The Morgan fingerprint density at radius 1 is 1.02 bits per heavy atom. The Morgan fingerprint density at radius 3 is 2.28 bits per heavy atom. The summed E-state index contributed by atoms with van der Waals surface area (Å²) in [7, 11) is -2.65. The van der Waals surface area contributed by atoms with E-state index in [4.69, 9.17) is 4.74 Å². The zero-order valence-corrected chi connectivity index (χ0v) is 26.0. The molecule has 0 aliphatic heterocycles. The lowest BCUT2D eigenvalue weighted by Crippen LogP contribution is -2.39. The molecular formula is C31H34N4O6S2. The van der Waals surface area contributed by atoms with Gasteiger partial charge in [0.05, 0.1) is 12.0 Å². The molecule has 1 unspecified atom stereocenters. The molecule has 0 aliphatic carbocycles. The molecule has 1 aromatic heterocycles. The molecule has 0 bridgehead atoms. The predicted molar refractivity (Wildman–Crippen MR) is 166 cm³/mol. The third kappa shape index (κ3) is 7.38. The third-order valence-corrected chi connectivity index (χ3v) is 9.10. The van der Waals surface area contributed by atoms with Gasteiger partial charge in [0.2, 0.25) is 0 Å². The molecule has 1 atom stereocenters. The highest BCUT2D eigenvalue weighted by Crippen LogP contribution is 2.30. The maximum Gasteiger partial charge on any atom is 0.355 e. The van der Waals surface area contributed by atoms with Gasteiger partial charge in [-0.2, -0.15) is 0 Å². The zero-order valence-electron chi connectivity index (χ0n) is 24.3. The third-order valence-electron chi connectivity index (χ3n) is 7.04. The predicted octanol–water partition coefficient (Wildman–Crippen LogP) is 5.73. The van der Waals surface area contributed by atoms with Gasteiger partial charge in [-0.1, -0.05) is 68.4 Å². The monoisotopic (exact) mass is 622 g/mol. The highest BCUT2D eigenvalue weighted by atomic mass is 32.2. The molecule has 0 fully saturated rings. The van der Waals surface area contributed by atoms with E-state index in [9.17, 15) is 23.1 Å². The molecule has 4 rings (SSSR count). The minimum atomic E-state index is -4.21. The lowest BCUT2D eigenvalue weighted by Gasteiger charge is -2.15. The Bertz CT molecular complexity index is 1700. The SMILES string of the molecule is CCC(C)c1nc(SC)c(C(=O)O)n1Cc1ccc(-c2ccccc2S(=O)(=O)NC(=O)NCc2ccc(OC)cc2)cc1. The Morgan fingerprint density at radius 2 is 1.67 bits per heavy atom. The van der Waals surface area contributed by atoms with E-state index in [2.05, 4.69) is 15.0 Å². The summed E-state index contributed by atoms with van der Waals surface area (Å²) in [6.07, 6.45) is 2.61. The summed E-state index contributed by atoms with van der Waals surface area (Å²) in [4.78, 5) is 29.2. The fraction of sp³-hybridized carbons (Fsp3) is 0.258. The summed E-state index contributed by atoms with van der Waals surface area (Å²) in [6.45, 7) is 4.47. The Kier molecular flexibility index (Phi) is 10.1. The maximum atomic E-state index is 13.2. The van der Waals surface area contributed by atoms with Crippen LogP contribution in [0, 0.1) is 0 Å². The largest absolute Gasteiger partial charge is 0.497 e. The first-order chi connectivity index (χ1) is 20.6. The second-order valence-corrected chi connectivity index (χ2v) is 12.3. The molecule has 0 spiro atoms. The van der Waals surface area contributed by atoms with E-state index in [1.165, 1.54) is 17.8 Å². The molecule has 0 saturated carbocycles. The number of rotatable bonds is 12. The summed E-state index contributed by atoms with van der Waals surface area (Å²) in [5.74, 6) is 0.410. The summed E-state index contributed by atoms with van der Waals surface area (Å²) >= 11 is 1.30. The number of hydrogen-bond acceptors (Lipinski definition) is 7. The number of aromatic carboxylic acids is 1. The minimum absolute atomic E-state index is 0.0474. The molecule has 0 radical (unpaired) electrons. The van der Waals surface area contributed by atoms with Gasteiger partial charge in [-0.15, -0.1) is 11.8 Å². The standard InChI is InChI=1S/C31H34N4O6S2/c1-5-20(2)28-33-29(42-4)27(30(36)37)35(28)19-22-10-14-23(15-11-22)25-8-6-7-9-26(25)43(39,40)34-31(38)32-18-21-12-16-24(41-3)17-13-21/h6-17,20H,5,18-19H2,1-4H3,(H,36,37)(H2,32,34,38). The smallest absolute Gasteiger partial charge is 0.355 e. The van der Waals surface area contributed by atoms with Gasteiger partial charge in [0.1, 0.15) is 16.6 Å². The summed E-state index contributed by atoms with van der Waals surface area (Å²) in [6, 6.07) is 19.8. The molecule has 2 amide bonds. The van der Waals surface area contributed by atoms with Crippen molar-refractivity contribution in [3.8, 4) is 16.9 Å². The van der Waals surface area contributed by atoms with Crippen LogP contribution in [0.4, 0.5) is 4.79 Å². The van der Waals surface area contributed by atoms with Gasteiger partial charge in [0, 0.05) is 24.6 Å². The molecule has 226 valence electrons. The first-order valence-corrected chi connectivity index (χ1v) is 16.3. The van der Waals surface area contributed by atoms with Crippen LogP contribution in [-0.4, -0.2) is 48.4 Å². The lowest BCUT2D eigenvalue weighted by atomic mass is 10.0. The van der Waals surface area contributed by atoms with Crippen LogP contribution >= 0.6 is 11.8 Å². The highest BCUT2D eigenvalue weighted by molar-refractivity contribution is 7.98. The van der Waals surface area contributed by atoms with E-state index >= 15 is 0 Å². The number of carbonyl (C=O) groups is 2. The first-order valence-electron chi connectivity index (χ1n) is 13.6. The number of sulfonamides is 1. The van der Waals surface area contributed by atoms with Crippen molar-refractivity contribution in [2.75, 3.05) is 13.4 Å². The van der Waals surface area contributed by atoms with Crippen molar-refractivity contribution >= 4 is 33.8 Å². The number of nitrogens with one attached hydrogen (secondary N) is 2. The number of carboxylic acid groups (broad SMARTS) is 1. The molecular weight excluding hydrogens is 588 g/mol. The van der Waals surface area contributed by atoms with Crippen molar-refractivity contribution in [1.82, 2.24) is 19.6 Å². The number of carbonyl (C=O) groups excluding carboxylic acids is 1. The zero-order chi connectivity index (χ0) is 31.1. The average molecular weight is 623 g/mol. The topological polar surface area (TPSA) is 140 Å². The Hall–Kier alpha value is -4.29. The van der Waals surface area contributed by atoms with E-state index in [0.29, 0.717) is 34.3 Å². The van der Waals surface area contributed by atoms with Crippen molar-refractivity contribution < 1.29 is 27.9 Å². The van der Waals surface area contributed by atoms with E-state index in [1.807, 2.05) is 26.0 Å². The summed E-state index contributed by atoms with van der Waals surface area (Å²) < 4.78 is 35.4. The molecule has 43 heavy (non-hydrogen) atoms. The first kappa shape index (κ1) is 31.6. The van der Waals surface area contributed by atoms with Gasteiger partial charge in [0.25, 0.3) is 10.0 Å². The number of nitrogens with zero attached hydrogens (tertiary/aromatic N) is 2. The highest BCUT2D eigenvalue weighted by Gasteiger charge is 2.25. The molecule has 3 aromatic carbocycles. The van der Waals surface area contributed by atoms with Crippen molar-refractivity contribution in [2.45, 2.75) is 49.2 Å². The molecule has 0 saturated heterocycles. The second-order valence-electron chi connectivity index (χ2n) is 9.86. The molecule has 12 heteroatoms. The molecule has 0 aliphatic rings. The number of imidazole rings is 1. The number of benzene rings is 3. The number of urea groups is 1. The van der Waals surface area contributed by atoms with Crippen LogP contribution in [0.25, 0.3) is 11.1 Å². The van der Waals surface area contributed by atoms with E-state index < -0.39 is 22.0 Å². The lowest BCUT2D eigenvalue weighted by molar-refractivity contribution is 0.0681. The number of thioether (sulfide) groups is 1. The number of ether oxygens (including phenoxy) is 1. The van der Waals surface area contributed by atoms with Crippen LogP contribution in [0.15, 0.2) is 82.7 Å². The van der Waals surface area contributed by atoms with Crippen LogP contribution in [0.2, 0.25) is 0 Å². The minimum Gasteiger partial charge on any atom is -0.497 e. The van der Waals surface area contributed by atoms with Crippen molar-refractivity contribution in [3.63, 3.8) is 0 Å². The molecule has 3 N–H and O–H groups in total. The second kappa shape index (κ2) is 13.8. The number of aromatic nitrogens is 2. The van der Waals surface area contributed by atoms with Gasteiger partial charge in [-0.05, 0) is 47.6 Å².